The second kappa shape index (κ2) is 13.4. The molecule has 36 heavy (non-hydrogen) atoms. The van der Waals surface area contributed by atoms with Gasteiger partial charge in [0.1, 0.15) is 23.9 Å². The molecule has 0 spiro atoms. The Morgan fingerprint density at radius 3 is 2.39 bits per heavy atom. The van der Waals surface area contributed by atoms with Crippen LogP contribution in [0.3, 0.4) is 0 Å². The zero-order valence-electron chi connectivity index (χ0n) is 22.1. The molecule has 0 radical (unpaired) electrons. The molecule has 0 bridgehead atoms. The van der Waals surface area contributed by atoms with Gasteiger partial charge in [0.15, 0.2) is 8.32 Å². The molecule has 2 aromatic rings. The summed E-state index contributed by atoms with van der Waals surface area (Å²) in [4.78, 5) is 11.1. The molecule has 0 aliphatic rings. The molecule has 0 amide bonds. The molecular formula is C27H39ClFNO5Si. The average Bonchev–Trinajstić information content (AvgIpc) is 2.78. The van der Waals surface area contributed by atoms with Gasteiger partial charge >= 0.3 is 5.97 Å². The van der Waals surface area contributed by atoms with Gasteiger partial charge in [0.25, 0.3) is 0 Å². The smallest absolute Gasteiger partial charge is 0.303 e. The molecule has 0 heterocycles. The Balaban J connectivity index is 2.01. The minimum Gasteiger partial charge on any atom is -0.497 e. The fraction of sp³-hybridized carbons (Fsp3) is 0.519. The third kappa shape index (κ3) is 9.39. The second-order valence-corrected chi connectivity index (χ2v) is 15.5. The quantitative estimate of drug-likeness (QED) is 0.212. The minimum absolute atomic E-state index is 0.0194. The lowest BCUT2D eigenvalue weighted by molar-refractivity contribution is -0.137. The lowest BCUT2D eigenvalue weighted by Crippen LogP contribution is -2.46. The number of carboxylic acid groups (broad SMARTS) is 1. The highest BCUT2D eigenvalue weighted by Crippen LogP contribution is 2.37. The summed E-state index contributed by atoms with van der Waals surface area (Å²) in [6.07, 6.45) is 0.801. The molecule has 2 rings (SSSR count). The van der Waals surface area contributed by atoms with E-state index in [0.29, 0.717) is 36.7 Å². The number of halogens is 2. The van der Waals surface area contributed by atoms with Gasteiger partial charge in [-0.05, 0) is 79.5 Å². The van der Waals surface area contributed by atoms with Crippen LogP contribution in [0.2, 0.25) is 23.2 Å². The third-order valence-corrected chi connectivity index (χ3v) is 11.5. The molecule has 0 fully saturated rings. The summed E-state index contributed by atoms with van der Waals surface area (Å²) < 4.78 is 31.7. The molecule has 9 heteroatoms. The van der Waals surface area contributed by atoms with Crippen LogP contribution in [0, 0.1) is 5.82 Å². The lowest BCUT2D eigenvalue weighted by atomic mass is 10.0. The van der Waals surface area contributed by atoms with Crippen molar-refractivity contribution in [3.05, 3.63) is 58.4 Å². The van der Waals surface area contributed by atoms with Crippen molar-refractivity contribution in [1.29, 1.82) is 0 Å². The van der Waals surface area contributed by atoms with Gasteiger partial charge in [-0.1, -0.05) is 32.4 Å². The van der Waals surface area contributed by atoms with Crippen molar-refractivity contribution < 1.29 is 28.2 Å². The Hall–Kier alpha value is -2.13. The zero-order chi connectivity index (χ0) is 26.9. The number of rotatable bonds is 14. The fourth-order valence-electron chi connectivity index (χ4n) is 3.44. The van der Waals surface area contributed by atoms with Gasteiger partial charge in [0, 0.05) is 18.5 Å². The van der Waals surface area contributed by atoms with E-state index in [-0.39, 0.29) is 24.2 Å². The minimum atomic E-state index is -2.06. The van der Waals surface area contributed by atoms with Crippen LogP contribution in [0.25, 0.3) is 0 Å². The Morgan fingerprint density at radius 2 is 1.81 bits per heavy atom. The molecule has 0 saturated heterocycles. The number of benzene rings is 2. The highest BCUT2D eigenvalue weighted by Gasteiger charge is 2.39. The van der Waals surface area contributed by atoms with E-state index >= 15 is 0 Å². The molecule has 0 aliphatic heterocycles. The van der Waals surface area contributed by atoms with E-state index in [4.69, 9.17) is 30.6 Å². The van der Waals surface area contributed by atoms with E-state index in [1.165, 1.54) is 12.1 Å². The van der Waals surface area contributed by atoms with Crippen LogP contribution in [0.15, 0.2) is 36.4 Å². The van der Waals surface area contributed by atoms with Gasteiger partial charge in [-0.3, -0.25) is 4.79 Å². The van der Waals surface area contributed by atoms with E-state index in [9.17, 15) is 9.18 Å². The van der Waals surface area contributed by atoms with Crippen LogP contribution < -0.4 is 14.8 Å². The highest BCUT2D eigenvalue weighted by molar-refractivity contribution is 6.74. The van der Waals surface area contributed by atoms with E-state index in [1.807, 2.05) is 0 Å². The summed E-state index contributed by atoms with van der Waals surface area (Å²) in [5.74, 6) is 0.149. The molecule has 0 unspecified atom stereocenters. The first-order valence-corrected chi connectivity index (χ1v) is 15.4. The Kier molecular flexibility index (Phi) is 11.2. The van der Waals surface area contributed by atoms with Crippen LogP contribution in [0.1, 0.15) is 44.7 Å². The number of hydrogen-bond acceptors (Lipinski definition) is 5. The first-order valence-electron chi connectivity index (χ1n) is 12.2. The summed E-state index contributed by atoms with van der Waals surface area (Å²) in [6.45, 7) is 12.1. The van der Waals surface area contributed by atoms with Gasteiger partial charge in [0.2, 0.25) is 0 Å². The predicted molar refractivity (Wildman–Crippen MR) is 144 cm³/mol. The average molecular weight is 540 g/mol. The van der Waals surface area contributed by atoms with E-state index in [2.05, 4.69) is 39.2 Å². The standard InChI is InChI=1S/C27H39ClFNO5Si/c1-27(2,3)36(5,6)35-23(11-12-26(31)32)17-30-14-13-19-15-20(29)16-25(28)24(19)18-34-22-9-7-21(33-4)8-10-22/h7-10,15-16,23,30H,11-14,17-18H2,1-6H3,(H,31,32)/t23-/m0/s1. The molecule has 0 aliphatic carbocycles. The third-order valence-electron chi connectivity index (χ3n) is 6.59. The molecule has 2 aromatic carbocycles. The largest absolute Gasteiger partial charge is 0.497 e. The number of nitrogens with one attached hydrogen (secondary N) is 1. The van der Waals surface area contributed by atoms with Gasteiger partial charge in [-0.2, -0.15) is 0 Å². The van der Waals surface area contributed by atoms with Crippen molar-refractivity contribution in [2.24, 2.45) is 0 Å². The Labute approximate surface area is 220 Å². The maximum absolute atomic E-state index is 14.1. The van der Waals surface area contributed by atoms with Crippen molar-refractivity contribution in [3.63, 3.8) is 0 Å². The van der Waals surface area contributed by atoms with Crippen molar-refractivity contribution in [2.45, 2.75) is 70.9 Å². The monoisotopic (exact) mass is 539 g/mol. The maximum Gasteiger partial charge on any atom is 0.303 e. The van der Waals surface area contributed by atoms with E-state index < -0.39 is 20.1 Å². The number of ether oxygens (including phenoxy) is 2. The van der Waals surface area contributed by atoms with E-state index in [1.54, 1.807) is 31.4 Å². The van der Waals surface area contributed by atoms with Crippen molar-refractivity contribution in [3.8, 4) is 11.5 Å². The Bertz CT molecular complexity index is 995. The SMILES string of the molecule is COc1ccc(OCc2c(Cl)cc(F)cc2CCNC[C@H](CCC(=O)O)O[Si](C)(C)C(C)(C)C)cc1. The summed E-state index contributed by atoms with van der Waals surface area (Å²) >= 11 is 6.37. The van der Waals surface area contributed by atoms with Gasteiger partial charge in [-0.25, -0.2) is 4.39 Å². The number of carboxylic acids is 1. The maximum atomic E-state index is 14.1. The summed E-state index contributed by atoms with van der Waals surface area (Å²) in [5, 5.41) is 12.9. The lowest BCUT2D eigenvalue weighted by Gasteiger charge is -2.39. The van der Waals surface area contributed by atoms with Gasteiger partial charge in [-0.15, -0.1) is 0 Å². The van der Waals surface area contributed by atoms with Gasteiger partial charge < -0.3 is 24.3 Å². The van der Waals surface area contributed by atoms with Crippen LogP contribution in [-0.4, -0.2) is 45.7 Å². The first kappa shape index (κ1) is 30.1. The predicted octanol–water partition coefficient (Wildman–Crippen LogP) is 6.45. The molecule has 6 nitrogen and oxygen atoms in total. The molecule has 0 saturated carbocycles. The van der Waals surface area contributed by atoms with Crippen LogP contribution in [-0.2, 0) is 22.2 Å². The summed E-state index contributed by atoms with van der Waals surface area (Å²) in [6, 6.07) is 9.99. The van der Waals surface area contributed by atoms with Crippen LogP contribution in [0.4, 0.5) is 4.39 Å². The molecule has 200 valence electrons. The van der Waals surface area contributed by atoms with Crippen molar-refractivity contribution >= 4 is 25.9 Å². The molecular weight excluding hydrogens is 501 g/mol. The van der Waals surface area contributed by atoms with Crippen LogP contribution >= 0.6 is 11.6 Å². The Morgan fingerprint density at radius 1 is 1.17 bits per heavy atom. The number of aliphatic carboxylic acids is 1. The molecule has 1 atom stereocenters. The number of carbonyl (C=O) groups is 1. The summed E-state index contributed by atoms with van der Waals surface area (Å²) in [7, 11) is -0.462. The first-order chi connectivity index (χ1) is 16.8. The highest BCUT2D eigenvalue weighted by atomic mass is 35.5. The zero-order valence-corrected chi connectivity index (χ0v) is 23.9. The van der Waals surface area contributed by atoms with Crippen LogP contribution in [0.5, 0.6) is 11.5 Å². The summed E-state index contributed by atoms with van der Waals surface area (Å²) in [5.41, 5.74) is 1.49. The number of methoxy groups -OCH3 is 1. The van der Waals surface area contributed by atoms with Crippen molar-refractivity contribution in [2.75, 3.05) is 20.2 Å². The normalized spacial score (nSPS) is 12.9. The fourth-order valence-corrected chi connectivity index (χ4v) is 5.10. The molecule has 2 N–H and O–H groups in total. The topological polar surface area (TPSA) is 77.0 Å². The number of hydrogen-bond donors (Lipinski definition) is 2. The second-order valence-electron chi connectivity index (χ2n) is 10.4. The molecule has 0 aromatic heterocycles. The van der Waals surface area contributed by atoms with E-state index in [0.717, 1.165) is 16.9 Å². The van der Waals surface area contributed by atoms with Crippen molar-refractivity contribution in [1.82, 2.24) is 5.32 Å². The van der Waals surface area contributed by atoms with Gasteiger partial charge in [0.05, 0.1) is 18.2 Å².